The molecule has 4 nitrogen and oxygen atoms in total. The van der Waals surface area contributed by atoms with Crippen LogP contribution in [0.15, 0.2) is 53.4 Å². The third-order valence-electron chi connectivity index (χ3n) is 4.34. The first-order valence-corrected chi connectivity index (χ1v) is 9.44. The zero-order valence-corrected chi connectivity index (χ0v) is 14.1. The van der Waals surface area contributed by atoms with Crippen LogP contribution in [0.2, 0.25) is 0 Å². The average molecular weight is 330 g/mol. The number of anilines is 1. The summed E-state index contributed by atoms with van der Waals surface area (Å²) >= 11 is 0. The molecule has 122 valence electrons. The highest BCUT2D eigenvalue weighted by molar-refractivity contribution is 7.92. The summed E-state index contributed by atoms with van der Waals surface area (Å²) in [6, 6.07) is 14.4. The van der Waals surface area contributed by atoms with Gasteiger partial charge in [0.25, 0.3) is 10.0 Å². The van der Waals surface area contributed by atoms with Gasteiger partial charge in [-0.2, -0.15) is 0 Å². The number of hydrogen-bond donors (Lipinski definition) is 2. The van der Waals surface area contributed by atoms with E-state index in [1.807, 2.05) is 19.2 Å². The van der Waals surface area contributed by atoms with Crippen molar-refractivity contribution in [2.75, 3.05) is 18.3 Å². The summed E-state index contributed by atoms with van der Waals surface area (Å²) in [4.78, 5) is 0.282. The van der Waals surface area contributed by atoms with Gasteiger partial charge in [-0.15, -0.1) is 0 Å². The van der Waals surface area contributed by atoms with Gasteiger partial charge in [0.2, 0.25) is 0 Å². The average Bonchev–Trinajstić information content (AvgIpc) is 2.56. The summed E-state index contributed by atoms with van der Waals surface area (Å²) in [7, 11) is -1.58. The van der Waals surface area contributed by atoms with Crippen LogP contribution in [-0.2, 0) is 16.4 Å². The summed E-state index contributed by atoms with van der Waals surface area (Å²) in [5.74, 6) is 0.449. The molecule has 0 radical (unpaired) electrons. The second-order valence-corrected chi connectivity index (χ2v) is 7.66. The van der Waals surface area contributed by atoms with Crippen LogP contribution in [-0.4, -0.2) is 22.0 Å². The molecule has 5 heteroatoms. The summed E-state index contributed by atoms with van der Waals surface area (Å²) in [6.07, 6.45) is 3.40. The quantitative estimate of drug-likeness (QED) is 0.885. The Kier molecular flexibility index (Phi) is 4.68. The molecule has 0 aromatic heterocycles. The second kappa shape index (κ2) is 6.72. The fraction of sp³-hybridized carbons (Fsp3) is 0.333. The molecule has 0 bridgehead atoms. The molecule has 0 spiro atoms. The van der Waals surface area contributed by atoms with E-state index in [0.29, 0.717) is 11.6 Å². The lowest BCUT2D eigenvalue weighted by Crippen LogP contribution is -2.22. The summed E-state index contributed by atoms with van der Waals surface area (Å²) in [6.45, 7) is 0.919. The van der Waals surface area contributed by atoms with Crippen LogP contribution >= 0.6 is 0 Å². The topological polar surface area (TPSA) is 58.2 Å². The third-order valence-corrected chi connectivity index (χ3v) is 5.74. The number of benzene rings is 2. The number of aryl methyl sites for hydroxylation is 1. The van der Waals surface area contributed by atoms with Gasteiger partial charge in [-0.3, -0.25) is 4.72 Å². The first-order valence-electron chi connectivity index (χ1n) is 7.95. The van der Waals surface area contributed by atoms with Crippen molar-refractivity contribution in [3.05, 3.63) is 59.7 Å². The summed E-state index contributed by atoms with van der Waals surface area (Å²) in [5.41, 5.74) is 3.23. The van der Waals surface area contributed by atoms with Gasteiger partial charge in [0.15, 0.2) is 0 Å². The van der Waals surface area contributed by atoms with E-state index in [9.17, 15) is 8.42 Å². The molecule has 2 N–H and O–H groups in total. The second-order valence-electron chi connectivity index (χ2n) is 5.98. The highest BCUT2D eigenvalue weighted by Crippen LogP contribution is 2.33. The molecule has 2 aromatic rings. The lowest BCUT2D eigenvalue weighted by molar-refractivity contribution is 0.529. The maximum absolute atomic E-state index is 12.5. The minimum absolute atomic E-state index is 0.282. The van der Waals surface area contributed by atoms with Crippen LogP contribution in [0.1, 0.15) is 29.9 Å². The first-order chi connectivity index (χ1) is 11.1. The number of hydrogen-bond acceptors (Lipinski definition) is 3. The molecule has 0 saturated carbocycles. The van der Waals surface area contributed by atoms with E-state index >= 15 is 0 Å². The molecule has 0 fully saturated rings. The lowest BCUT2D eigenvalue weighted by Gasteiger charge is -2.26. The van der Waals surface area contributed by atoms with E-state index in [2.05, 4.69) is 16.1 Å². The van der Waals surface area contributed by atoms with Gasteiger partial charge in [0.05, 0.1) is 4.90 Å². The Balaban J connectivity index is 1.89. The van der Waals surface area contributed by atoms with Crippen molar-refractivity contribution >= 4 is 15.7 Å². The Morgan fingerprint density at radius 1 is 1.13 bits per heavy atom. The Bertz CT molecular complexity index is 773. The van der Waals surface area contributed by atoms with E-state index in [4.69, 9.17) is 0 Å². The van der Waals surface area contributed by atoms with Gasteiger partial charge in [0.1, 0.15) is 0 Å². The van der Waals surface area contributed by atoms with E-state index < -0.39 is 10.0 Å². The molecule has 1 aliphatic carbocycles. The van der Waals surface area contributed by atoms with Crippen LogP contribution in [0.4, 0.5) is 5.69 Å². The SMILES string of the molecule is CNCC1CCCc2ccc(NS(=O)(=O)c3ccccc3)cc21. The van der Waals surface area contributed by atoms with E-state index in [0.717, 1.165) is 19.4 Å². The first kappa shape index (κ1) is 16.0. The van der Waals surface area contributed by atoms with Crippen molar-refractivity contribution in [1.82, 2.24) is 5.32 Å². The molecule has 23 heavy (non-hydrogen) atoms. The van der Waals surface area contributed by atoms with Gasteiger partial charge in [0, 0.05) is 12.2 Å². The highest BCUT2D eigenvalue weighted by atomic mass is 32.2. The third kappa shape index (κ3) is 3.57. The maximum Gasteiger partial charge on any atom is 0.261 e. The Labute approximate surface area is 138 Å². The number of sulfonamides is 1. The molecule has 1 atom stereocenters. The molecule has 2 aromatic carbocycles. The summed E-state index contributed by atoms with van der Waals surface area (Å²) in [5, 5.41) is 3.23. The van der Waals surface area contributed by atoms with E-state index in [1.54, 1.807) is 30.3 Å². The zero-order chi connectivity index (χ0) is 16.3. The molecular weight excluding hydrogens is 308 g/mol. The predicted octanol–water partition coefficient (Wildman–Crippen LogP) is 3.13. The van der Waals surface area contributed by atoms with Crippen molar-refractivity contribution in [1.29, 1.82) is 0 Å². The number of likely N-dealkylation sites (N-methyl/N-ethyl adjacent to an activating group) is 1. The van der Waals surface area contributed by atoms with Crippen LogP contribution in [0.3, 0.4) is 0 Å². The largest absolute Gasteiger partial charge is 0.319 e. The smallest absolute Gasteiger partial charge is 0.261 e. The van der Waals surface area contributed by atoms with Gasteiger partial charge in [-0.1, -0.05) is 24.3 Å². The molecule has 0 aliphatic heterocycles. The number of nitrogens with one attached hydrogen (secondary N) is 2. The van der Waals surface area contributed by atoms with Gasteiger partial charge in [-0.25, -0.2) is 8.42 Å². The molecule has 0 saturated heterocycles. The Morgan fingerprint density at radius 3 is 2.65 bits per heavy atom. The van der Waals surface area contributed by atoms with Crippen LogP contribution in [0.25, 0.3) is 0 Å². The van der Waals surface area contributed by atoms with Crippen molar-refractivity contribution in [3.63, 3.8) is 0 Å². The Hall–Kier alpha value is -1.85. The fourth-order valence-corrected chi connectivity index (χ4v) is 4.30. The van der Waals surface area contributed by atoms with Crippen molar-refractivity contribution in [2.45, 2.75) is 30.1 Å². The lowest BCUT2D eigenvalue weighted by atomic mass is 9.82. The van der Waals surface area contributed by atoms with Gasteiger partial charge >= 0.3 is 0 Å². The fourth-order valence-electron chi connectivity index (χ4n) is 3.23. The van der Waals surface area contributed by atoms with Crippen molar-refractivity contribution < 1.29 is 8.42 Å². The van der Waals surface area contributed by atoms with Crippen LogP contribution < -0.4 is 10.0 Å². The number of fused-ring (bicyclic) bond motifs is 1. The van der Waals surface area contributed by atoms with E-state index in [1.165, 1.54) is 17.5 Å². The van der Waals surface area contributed by atoms with Gasteiger partial charge in [-0.05, 0) is 67.6 Å². The van der Waals surface area contributed by atoms with Crippen LogP contribution in [0.5, 0.6) is 0 Å². The monoisotopic (exact) mass is 330 g/mol. The zero-order valence-electron chi connectivity index (χ0n) is 13.2. The standard InChI is InChI=1S/C18H22N2O2S/c1-19-13-15-7-5-6-14-10-11-16(12-18(14)15)20-23(21,22)17-8-3-2-4-9-17/h2-4,8-12,15,19-20H,5-7,13H2,1H3. The molecule has 1 unspecified atom stereocenters. The van der Waals surface area contributed by atoms with E-state index in [-0.39, 0.29) is 4.90 Å². The Morgan fingerprint density at radius 2 is 1.91 bits per heavy atom. The van der Waals surface area contributed by atoms with Gasteiger partial charge < -0.3 is 5.32 Å². The molecule has 0 heterocycles. The summed E-state index contributed by atoms with van der Waals surface area (Å²) < 4.78 is 27.6. The van der Waals surface area contributed by atoms with Crippen LogP contribution in [0, 0.1) is 0 Å². The molecule has 3 rings (SSSR count). The van der Waals surface area contributed by atoms with Crippen molar-refractivity contribution in [2.24, 2.45) is 0 Å². The van der Waals surface area contributed by atoms with Crippen molar-refractivity contribution in [3.8, 4) is 0 Å². The normalized spacial score (nSPS) is 17.5. The minimum Gasteiger partial charge on any atom is -0.319 e. The highest BCUT2D eigenvalue weighted by Gasteiger charge is 2.21. The molecule has 0 amide bonds. The number of rotatable bonds is 5. The minimum atomic E-state index is -3.54. The maximum atomic E-state index is 12.5. The molecule has 1 aliphatic rings. The molecular formula is C18H22N2O2S. The predicted molar refractivity (Wildman–Crippen MR) is 93.3 cm³/mol.